The number of aromatic nitrogens is 3. The first-order chi connectivity index (χ1) is 9.58. The van der Waals surface area contributed by atoms with Gasteiger partial charge in [-0.25, -0.2) is 4.68 Å². The van der Waals surface area contributed by atoms with Crippen molar-refractivity contribution < 1.29 is 14.7 Å². The molecule has 1 atom stereocenters. The fourth-order valence-electron chi connectivity index (χ4n) is 2.01. The fourth-order valence-corrected chi connectivity index (χ4v) is 2.01. The maximum Gasteiger partial charge on any atom is 0.273 e. The van der Waals surface area contributed by atoms with Crippen molar-refractivity contribution in [3.63, 3.8) is 0 Å². The predicted octanol–water partition coefficient (Wildman–Crippen LogP) is -2.22. The molecule has 9 heteroatoms. The lowest BCUT2D eigenvalue weighted by Crippen LogP contribution is -2.40. The van der Waals surface area contributed by atoms with Crippen LogP contribution in [0.1, 0.15) is 29.4 Å². The number of primary amides is 1. The summed E-state index contributed by atoms with van der Waals surface area (Å²) in [5.74, 6) is -1.38. The van der Waals surface area contributed by atoms with E-state index in [-0.39, 0.29) is 18.3 Å². The van der Waals surface area contributed by atoms with Crippen LogP contribution >= 0.6 is 0 Å². The molecule has 1 fully saturated rings. The zero-order chi connectivity index (χ0) is 14.5. The highest BCUT2D eigenvalue weighted by molar-refractivity contribution is 5.92. The molecular weight excluding hydrogens is 264 g/mol. The van der Waals surface area contributed by atoms with E-state index in [4.69, 9.17) is 5.73 Å². The maximum absolute atomic E-state index is 11.8. The molecule has 2 heterocycles. The number of nitrogens with one attached hydrogen (secondary N) is 2. The van der Waals surface area contributed by atoms with Crippen LogP contribution in [-0.4, -0.2) is 57.7 Å². The van der Waals surface area contributed by atoms with E-state index in [1.165, 1.54) is 0 Å². The molecule has 0 saturated carbocycles. The molecule has 0 spiro atoms. The molecule has 0 aromatic carbocycles. The largest absolute Gasteiger partial charge is 0.381 e. The second kappa shape index (κ2) is 6.44. The second-order valence-electron chi connectivity index (χ2n) is 4.69. The first kappa shape index (κ1) is 14.4. The average Bonchev–Trinajstić information content (AvgIpc) is 2.95. The molecule has 1 aromatic heterocycles. The Balaban J connectivity index is 1.90. The summed E-state index contributed by atoms with van der Waals surface area (Å²) < 4.78 is 1.68. The molecule has 2 rings (SSSR count). The average molecular weight is 282 g/mol. The van der Waals surface area contributed by atoms with E-state index in [1.807, 2.05) is 0 Å². The van der Waals surface area contributed by atoms with E-state index < -0.39 is 17.9 Å². The van der Waals surface area contributed by atoms with Gasteiger partial charge in [-0.05, 0) is 25.9 Å². The van der Waals surface area contributed by atoms with Gasteiger partial charge in [-0.1, -0.05) is 5.21 Å². The number of nitrogens with zero attached hydrogens (tertiary/aromatic N) is 3. The molecule has 1 aliphatic rings. The molecule has 110 valence electrons. The van der Waals surface area contributed by atoms with Gasteiger partial charge in [0.15, 0.2) is 5.69 Å². The summed E-state index contributed by atoms with van der Waals surface area (Å²) in [6, 6.07) is 0.238. The number of aliphatic hydroxyl groups excluding tert-OH is 1. The van der Waals surface area contributed by atoms with Crippen LogP contribution < -0.4 is 16.4 Å². The van der Waals surface area contributed by atoms with Gasteiger partial charge in [0.2, 0.25) is 5.91 Å². The first-order valence-corrected chi connectivity index (χ1v) is 6.46. The third kappa shape index (κ3) is 3.52. The van der Waals surface area contributed by atoms with Gasteiger partial charge in [0.05, 0.1) is 18.8 Å². The van der Waals surface area contributed by atoms with Crippen LogP contribution in [0.15, 0.2) is 6.20 Å². The van der Waals surface area contributed by atoms with Gasteiger partial charge in [-0.2, -0.15) is 0 Å². The Kier molecular flexibility index (Phi) is 4.64. The highest BCUT2D eigenvalue weighted by Gasteiger charge is 2.19. The molecule has 2 amide bonds. The summed E-state index contributed by atoms with van der Waals surface area (Å²) in [7, 11) is 0. The summed E-state index contributed by atoms with van der Waals surface area (Å²) in [4.78, 5) is 22.4. The first-order valence-electron chi connectivity index (χ1n) is 6.46. The Labute approximate surface area is 115 Å². The molecule has 5 N–H and O–H groups in total. The minimum Gasteiger partial charge on any atom is -0.381 e. The monoisotopic (exact) mass is 282 g/mol. The van der Waals surface area contributed by atoms with E-state index in [0.717, 1.165) is 25.9 Å². The number of piperidine rings is 1. The standard InChI is InChI=1S/C11H18N6O3/c12-10(19)9(18)5-14-11(20)8-6-17(16-15-8)7-1-3-13-4-2-7/h6-7,9,13,18H,1-5H2,(H2,12,19)(H,14,20). The van der Waals surface area contributed by atoms with Crippen molar-refractivity contribution in [2.24, 2.45) is 5.73 Å². The van der Waals surface area contributed by atoms with Crippen LogP contribution in [0.4, 0.5) is 0 Å². The number of amides is 2. The van der Waals surface area contributed by atoms with Crippen LogP contribution in [0.3, 0.4) is 0 Å². The molecule has 1 aromatic rings. The van der Waals surface area contributed by atoms with E-state index in [1.54, 1.807) is 10.9 Å². The van der Waals surface area contributed by atoms with Crippen molar-refractivity contribution in [1.29, 1.82) is 0 Å². The molecule has 1 saturated heterocycles. The lowest BCUT2D eigenvalue weighted by molar-refractivity contribution is -0.125. The van der Waals surface area contributed by atoms with Crippen LogP contribution in [0.2, 0.25) is 0 Å². The smallest absolute Gasteiger partial charge is 0.273 e. The van der Waals surface area contributed by atoms with Crippen molar-refractivity contribution in [1.82, 2.24) is 25.6 Å². The van der Waals surface area contributed by atoms with Crippen molar-refractivity contribution in [2.45, 2.75) is 25.0 Å². The minimum absolute atomic E-state index is 0.153. The maximum atomic E-state index is 11.8. The highest BCUT2D eigenvalue weighted by atomic mass is 16.3. The third-order valence-electron chi connectivity index (χ3n) is 3.21. The number of carbonyl (C=O) groups is 2. The SMILES string of the molecule is NC(=O)C(O)CNC(=O)c1cn(C2CCNCC2)nn1. The zero-order valence-corrected chi connectivity index (χ0v) is 11.0. The number of hydrogen-bond acceptors (Lipinski definition) is 6. The normalized spacial score (nSPS) is 17.6. The number of rotatable bonds is 5. The van der Waals surface area contributed by atoms with Gasteiger partial charge in [0.1, 0.15) is 6.10 Å². The van der Waals surface area contributed by atoms with Crippen molar-refractivity contribution in [3.8, 4) is 0 Å². The van der Waals surface area contributed by atoms with Gasteiger partial charge >= 0.3 is 0 Å². The molecule has 0 aliphatic carbocycles. The molecule has 1 unspecified atom stereocenters. The lowest BCUT2D eigenvalue weighted by atomic mass is 10.1. The van der Waals surface area contributed by atoms with Crippen molar-refractivity contribution in [2.75, 3.05) is 19.6 Å². The van der Waals surface area contributed by atoms with Crippen LogP contribution in [0.25, 0.3) is 0 Å². The van der Waals surface area contributed by atoms with E-state index in [0.29, 0.717) is 0 Å². The Morgan fingerprint density at radius 2 is 2.25 bits per heavy atom. The van der Waals surface area contributed by atoms with Gasteiger partial charge in [-0.3, -0.25) is 9.59 Å². The Morgan fingerprint density at radius 3 is 2.90 bits per heavy atom. The van der Waals surface area contributed by atoms with Gasteiger partial charge in [0, 0.05) is 0 Å². The number of carbonyl (C=O) groups excluding carboxylic acids is 2. The Morgan fingerprint density at radius 1 is 1.55 bits per heavy atom. The molecule has 1 aliphatic heterocycles. The summed E-state index contributed by atoms with van der Waals surface area (Å²) in [5.41, 5.74) is 5.04. The summed E-state index contributed by atoms with van der Waals surface area (Å²) in [5, 5.41) is 22.6. The topological polar surface area (TPSA) is 135 Å². The lowest BCUT2D eigenvalue weighted by Gasteiger charge is -2.22. The second-order valence-corrected chi connectivity index (χ2v) is 4.69. The minimum atomic E-state index is -1.40. The molecule has 9 nitrogen and oxygen atoms in total. The van der Waals surface area contributed by atoms with Crippen molar-refractivity contribution in [3.05, 3.63) is 11.9 Å². The van der Waals surface area contributed by atoms with Crippen LogP contribution in [0, 0.1) is 0 Å². The van der Waals surface area contributed by atoms with Crippen LogP contribution in [0.5, 0.6) is 0 Å². The summed E-state index contributed by atoms with van der Waals surface area (Å²) in [6.07, 6.45) is 2.04. The summed E-state index contributed by atoms with van der Waals surface area (Å²) in [6.45, 7) is 1.59. The zero-order valence-electron chi connectivity index (χ0n) is 11.0. The van der Waals surface area contributed by atoms with E-state index in [9.17, 15) is 14.7 Å². The number of nitrogens with two attached hydrogens (primary N) is 1. The quantitative estimate of drug-likeness (QED) is 0.483. The fraction of sp³-hybridized carbons (Fsp3) is 0.636. The third-order valence-corrected chi connectivity index (χ3v) is 3.21. The molecule has 20 heavy (non-hydrogen) atoms. The predicted molar refractivity (Wildman–Crippen MR) is 68.7 cm³/mol. The molecule has 0 bridgehead atoms. The Bertz CT molecular complexity index is 482. The van der Waals surface area contributed by atoms with Gasteiger partial charge in [0.25, 0.3) is 5.91 Å². The number of aliphatic hydroxyl groups is 1. The van der Waals surface area contributed by atoms with E-state index >= 15 is 0 Å². The Hall–Kier alpha value is -2.00. The van der Waals surface area contributed by atoms with Gasteiger partial charge < -0.3 is 21.5 Å². The van der Waals surface area contributed by atoms with Crippen molar-refractivity contribution >= 4 is 11.8 Å². The van der Waals surface area contributed by atoms with Crippen LogP contribution in [-0.2, 0) is 4.79 Å². The molecular formula is C11H18N6O3. The highest BCUT2D eigenvalue weighted by Crippen LogP contribution is 2.16. The number of hydrogen-bond donors (Lipinski definition) is 4. The van der Waals surface area contributed by atoms with E-state index in [2.05, 4.69) is 20.9 Å². The van der Waals surface area contributed by atoms with Gasteiger partial charge in [-0.15, -0.1) is 5.10 Å². The summed E-state index contributed by atoms with van der Waals surface area (Å²) >= 11 is 0. The molecule has 0 radical (unpaired) electrons.